The summed E-state index contributed by atoms with van der Waals surface area (Å²) in [5.41, 5.74) is 0.377. The van der Waals surface area contributed by atoms with Crippen LogP contribution in [0.4, 0.5) is 4.39 Å². The van der Waals surface area contributed by atoms with Crippen molar-refractivity contribution < 1.29 is 22.4 Å². The maximum absolute atomic E-state index is 13.0. The topological polar surface area (TPSA) is 83.6 Å². The quantitative estimate of drug-likeness (QED) is 0.747. The molecule has 1 saturated heterocycles. The van der Waals surface area contributed by atoms with Gasteiger partial charge in [-0.25, -0.2) is 17.5 Å². The third-order valence-corrected chi connectivity index (χ3v) is 6.49. The number of rotatable bonds is 4. The maximum Gasteiger partial charge on any atom is 0.264 e. The number of hydrogen-bond donors (Lipinski definition) is 1. The van der Waals surface area contributed by atoms with E-state index in [0.29, 0.717) is 31.5 Å². The van der Waals surface area contributed by atoms with Crippen LogP contribution in [0.5, 0.6) is 0 Å². The Hall–Kier alpha value is -2.26. The number of halogens is 2. The van der Waals surface area contributed by atoms with Crippen LogP contribution in [-0.4, -0.2) is 38.2 Å². The van der Waals surface area contributed by atoms with E-state index in [9.17, 15) is 22.4 Å². The van der Waals surface area contributed by atoms with E-state index in [-0.39, 0.29) is 10.8 Å². The van der Waals surface area contributed by atoms with Crippen LogP contribution in [0, 0.1) is 11.7 Å². The van der Waals surface area contributed by atoms with Gasteiger partial charge in [-0.1, -0.05) is 15.9 Å². The highest BCUT2D eigenvalue weighted by Crippen LogP contribution is 2.21. The normalized spacial score (nSPS) is 15.3. The largest absolute Gasteiger partial charge is 0.339 e. The first-order valence-corrected chi connectivity index (χ1v) is 10.9. The summed E-state index contributed by atoms with van der Waals surface area (Å²) >= 11 is 3.23. The van der Waals surface area contributed by atoms with E-state index in [1.165, 1.54) is 36.4 Å². The minimum absolute atomic E-state index is 0.00738. The molecule has 1 fully saturated rings. The zero-order valence-corrected chi connectivity index (χ0v) is 17.2. The van der Waals surface area contributed by atoms with Crippen molar-refractivity contribution in [3.63, 3.8) is 0 Å². The number of hydrogen-bond acceptors (Lipinski definition) is 4. The maximum atomic E-state index is 13.0. The summed E-state index contributed by atoms with van der Waals surface area (Å²) in [6, 6.07) is 11.3. The molecular weight excluding hydrogens is 451 g/mol. The SMILES string of the molecule is O=C(NS(=O)(=O)c1ccc(Br)cc1)C1CCN(C(=O)c2ccc(F)cc2)CC1. The van der Waals surface area contributed by atoms with Crippen molar-refractivity contribution >= 4 is 37.8 Å². The molecule has 28 heavy (non-hydrogen) atoms. The van der Waals surface area contributed by atoms with E-state index in [1.807, 2.05) is 0 Å². The van der Waals surface area contributed by atoms with Gasteiger partial charge in [0.2, 0.25) is 5.91 Å². The van der Waals surface area contributed by atoms with Crippen LogP contribution in [-0.2, 0) is 14.8 Å². The van der Waals surface area contributed by atoms with Gasteiger partial charge in [0.1, 0.15) is 5.82 Å². The first kappa shape index (κ1) is 20.5. The fraction of sp³-hybridized carbons (Fsp3) is 0.263. The van der Waals surface area contributed by atoms with E-state index >= 15 is 0 Å². The van der Waals surface area contributed by atoms with Crippen LogP contribution < -0.4 is 4.72 Å². The molecule has 2 aromatic rings. The summed E-state index contributed by atoms with van der Waals surface area (Å²) in [6.45, 7) is 0.652. The molecule has 1 N–H and O–H groups in total. The minimum Gasteiger partial charge on any atom is -0.339 e. The number of carbonyl (C=O) groups excluding carboxylic acids is 2. The van der Waals surface area contributed by atoms with Crippen LogP contribution in [0.3, 0.4) is 0 Å². The molecule has 1 heterocycles. The summed E-state index contributed by atoms with van der Waals surface area (Å²) in [6.07, 6.45) is 0.712. The van der Waals surface area contributed by atoms with Crippen LogP contribution in [0.2, 0.25) is 0 Å². The molecule has 3 rings (SSSR count). The zero-order valence-electron chi connectivity index (χ0n) is 14.8. The number of amides is 2. The lowest BCUT2D eigenvalue weighted by Crippen LogP contribution is -2.44. The fourth-order valence-corrected chi connectivity index (χ4v) is 4.32. The highest BCUT2D eigenvalue weighted by molar-refractivity contribution is 9.10. The third kappa shape index (κ3) is 4.77. The Kier molecular flexibility index (Phi) is 6.14. The van der Waals surface area contributed by atoms with E-state index in [1.54, 1.807) is 17.0 Å². The van der Waals surface area contributed by atoms with Gasteiger partial charge in [-0.05, 0) is 61.4 Å². The third-order valence-electron chi connectivity index (χ3n) is 4.60. The number of benzene rings is 2. The molecule has 0 bridgehead atoms. The van der Waals surface area contributed by atoms with Crippen molar-refractivity contribution in [2.75, 3.05) is 13.1 Å². The van der Waals surface area contributed by atoms with Crippen molar-refractivity contribution in [1.82, 2.24) is 9.62 Å². The molecular formula is C19H18BrFN2O4S. The highest BCUT2D eigenvalue weighted by Gasteiger charge is 2.30. The molecule has 6 nitrogen and oxygen atoms in total. The van der Waals surface area contributed by atoms with Crippen LogP contribution in [0.15, 0.2) is 57.9 Å². The first-order chi connectivity index (χ1) is 13.3. The molecule has 0 atom stereocenters. The number of carbonyl (C=O) groups is 2. The number of likely N-dealkylation sites (tertiary alicyclic amines) is 1. The Morgan fingerprint density at radius 2 is 1.57 bits per heavy atom. The minimum atomic E-state index is -3.94. The van der Waals surface area contributed by atoms with Crippen molar-refractivity contribution in [3.8, 4) is 0 Å². The van der Waals surface area contributed by atoms with E-state index < -0.39 is 27.7 Å². The van der Waals surface area contributed by atoms with Gasteiger partial charge in [-0.2, -0.15) is 0 Å². The van der Waals surface area contributed by atoms with E-state index in [2.05, 4.69) is 20.7 Å². The Labute approximate surface area is 170 Å². The predicted octanol–water partition coefficient (Wildman–Crippen LogP) is 2.95. The molecule has 0 saturated carbocycles. The molecule has 0 unspecified atom stereocenters. The molecule has 2 aromatic carbocycles. The van der Waals surface area contributed by atoms with Gasteiger partial charge in [-0.15, -0.1) is 0 Å². The number of nitrogens with zero attached hydrogens (tertiary/aromatic N) is 1. The average molecular weight is 469 g/mol. The van der Waals surface area contributed by atoms with Crippen LogP contribution in [0.1, 0.15) is 23.2 Å². The number of sulfonamides is 1. The van der Waals surface area contributed by atoms with Crippen LogP contribution in [0.25, 0.3) is 0 Å². The first-order valence-electron chi connectivity index (χ1n) is 8.63. The molecule has 9 heteroatoms. The fourth-order valence-electron chi connectivity index (χ4n) is 3.01. The van der Waals surface area contributed by atoms with Crippen molar-refractivity contribution in [3.05, 3.63) is 64.4 Å². The van der Waals surface area contributed by atoms with Crippen molar-refractivity contribution in [2.45, 2.75) is 17.7 Å². The lowest BCUT2D eigenvalue weighted by molar-refractivity contribution is -0.124. The van der Waals surface area contributed by atoms with E-state index in [0.717, 1.165) is 4.47 Å². The van der Waals surface area contributed by atoms with Crippen molar-refractivity contribution in [2.24, 2.45) is 5.92 Å². The van der Waals surface area contributed by atoms with Gasteiger partial charge < -0.3 is 4.90 Å². The van der Waals surface area contributed by atoms with Crippen LogP contribution >= 0.6 is 15.9 Å². The lowest BCUT2D eigenvalue weighted by atomic mass is 9.96. The standard InChI is InChI=1S/C19H18BrFN2O4S/c20-15-3-7-17(8-4-15)28(26,27)22-18(24)13-9-11-23(12-10-13)19(25)14-1-5-16(21)6-2-14/h1-8,13H,9-12H2,(H,22,24). The van der Waals surface area contributed by atoms with Gasteiger partial charge in [0, 0.05) is 29.0 Å². The molecule has 0 aliphatic carbocycles. The molecule has 2 amide bonds. The lowest BCUT2D eigenvalue weighted by Gasteiger charge is -2.31. The van der Waals surface area contributed by atoms with E-state index in [4.69, 9.17) is 0 Å². The number of piperidine rings is 1. The van der Waals surface area contributed by atoms with Gasteiger partial charge in [0.05, 0.1) is 4.90 Å². The summed E-state index contributed by atoms with van der Waals surface area (Å²) in [4.78, 5) is 26.4. The Morgan fingerprint density at radius 1 is 1.00 bits per heavy atom. The summed E-state index contributed by atoms with van der Waals surface area (Å²) in [7, 11) is -3.94. The van der Waals surface area contributed by atoms with Crippen molar-refractivity contribution in [1.29, 1.82) is 0 Å². The highest BCUT2D eigenvalue weighted by atomic mass is 79.9. The Balaban J connectivity index is 1.58. The monoisotopic (exact) mass is 468 g/mol. The summed E-state index contributed by atoms with van der Waals surface area (Å²) < 4.78 is 40.5. The number of nitrogens with one attached hydrogen (secondary N) is 1. The van der Waals surface area contributed by atoms with Gasteiger partial charge in [-0.3, -0.25) is 9.59 Å². The molecule has 148 valence electrons. The molecule has 1 aliphatic heterocycles. The Morgan fingerprint density at radius 3 is 2.14 bits per heavy atom. The smallest absolute Gasteiger partial charge is 0.264 e. The van der Waals surface area contributed by atoms with Gasteiger partial charge in [0.15, 0.2) is 0 Å². The molecule has 0 spiro atoms. The summed E-state index contributed by atoms with van der Waals surface area (Å²) in [5, 5.41) is 0. The van der Waals surface area contributed by atoms with Gasteiger partial charge in [0.25, 0.3) is 15.9 Å². The molecule has 1 aliphatic rings. The van der Waals surface area contributed by atoms with Gasteiger partial charge >= 0.3 is 0 Å². The molecule has 0 aromatic heterocycles. The molecule has 0 radical (unpaired) electrons. The summed E-state index contributed by atoms with van der Waals surface area (Å²) in [5.74, 6) is -1.72. The second-order valence-electron chi connectivity index (χ2n) is 6.50. The predicted molar refractivity (Wildman–Crippen MR) is 104 cm³/mol. The second-order valence-corrected chi connectivity index (χ2v) is 9.10. The Bertz CT molecular complexity index is 970. The zero-order chi connectivity index (χ0) is 20.3. The second kappa shape index (κ2) is 8.40. The average Bonchev–Trinajstić information content (AvgIpc) is 2.68.